The minimum atomic E-state index is -0.638. The van der Waals surface area contributed by atoms with Crippen LogP contribution in [0.4, 0.5) is 8.78 Å². The van der Waals surface area contributed by atoms with Gasteiger partial charge in [0, 0.05) is 18.2 Å². The number of halogens is 2. The largest absolute Gasteiger partial charge is 0.351 e. The highest BCUT2D eigenvalue weighted by atomic mass is 19.1. The van der Waals surface area contributed by atoms with Crippen LogP contribution >= 0.6 is 0 Å². The van der Waals surface area contributed by atoms with Crippen LogP contribution in [0.3, 0.4) is 0 Å². The number of carbonyl (C=O) groups excluding carboxylic acids is 1. The van der Waals surface area contributed by atoms with Gasteiger partial charge in [-0.15, -0.1) is 0 Å². The number of amides is 1. The van der Waals surface area contributed by atoms with Crippen molar-refractivity contribution >= 4 is 5.91 Å². The van der Waals surface area contributed by atoms with Gasteiger partial charge in [-0.25, -0.2) is 8.78 Å². The Hall–Kier alpha value is -1.49. The molecule has 0 aromatic heterocycles. The lowest BCUT2D eigenvalue weighted by atomic mass is 10.2. The number of hydrogen-bond donors (Lipinski definition) is 2. The third-order valence-corrected chi connectivity index (χ3v) is 2.91. The van der Waals surface area contributed by atoms with Gasteiger partial charge in [-0.05, 0) is 31.4 Å². The molecule has 1 saturated carbocycles. The Balaban J connectivity index is 1.70. The molecule has 98 valence electrons. The van der Waals surface area contributed by atoms with E-state index in [1.54, 1.807) is 0 Å². The molecule has 0 atom stereocenters. The van der Waals surface area contributed by atoms with Gasteiger partial charge in [-0.2, -0.15) is 0 Å². The van der Waals surface area contributed by atoms with Crippen LogP contribution in [-0.4, -0.2) is 19.0 Å². The van der Waals surface area contributed by atoms with E-state index in [0.717, 1.165) is 12.6 Å². The summed E-state index contributed by atoms with van der Waals surface area (Å²) in [7, 11) is 0. The fourth-order valence-electron chi connectivity index (χ4n) is 1.63. The zero-order valence-corrected chi connectivity index (χ0v) is 10.0. The Morgan fingerprint density at radius 3 is 2.78 bits per heavy atom. The van der Waals surface area contributed by atoms with Crippen molar-refractivity contribution in [3.8, 4) is 0 Å². The number of benzene rings is 1. The van der Waals surface area contributed by atoms with Gasteiger partial charge in [-0.3, -0.25) is 4.79 Å². The molecule has 0 spiro atoms. The van der Waals surface area contributed by atoms with Crippen molar-refractivity contribution in [2.24, 2.45) is 5.92 Å². The average molecular weight is 254 g/mol. The standard InChI is InChI=1S/C13H16F2N2O/c14-11-4-3-10(12(15)5-11)7-17-13(18)8-16-6-9-1-2-9/h3-5,9,16H,1-2,6-8H2,(H,17,18). The maximum atomic E-state index is 13.3. The van der Waals surface area contributed by atoms with Gasteiger partial charge in [0.1, 0.15) is 11.6 Å². The van der Waals surface area contributed by atoms with Crippen LogP contribution in [-0.2, 0) is 11.3 Å². The van der Waals surface area contributed by atoms with Crippen LogP contribution in [0.15, 0.2) is 18.2 Å². The van der Waals surface area contributed by atoms with Gasteiger partial charge in [0.15, 0.2) is 0 Å². The Bertz CT molecular complexity index is 433. The summed E-state index contributed by atoms with van der Waals surface area (Å²) in [5.74, 6) is -0.721. The molecule has 1 aromatic carbocycles. The second-order valence-electron chi connectivity index (χ2n) is 4.59. The van der Waals surface area contributed by atoms with E-state index in [2.05, 4.69) is 10.6 Å². The van der Waals surface area contributed by atoms with E-state index in [1.165, 1.54) is 25.0 Å². The zero-order valence-electron chi connectivity index (χ0n) is 10.0. The van der Waals surface area contributed by atoms with Crippen LogP contribution in [0.25, 0.3) is 0 Å². The molecule has 1 aliphatic carbocycles. The lowest BCUT2D eigenvalue weighted by Crippen LogP contribution is -2.34. The molecule has 1 fully saturated rings. The molecule has 1 aromatic rings. The normalized spacial score (nSPS) is 14.6. The smallest absolute Gasteiger partial charge is 0.234 e. The van der Waals surface area contributed by atoms with Crippen LogP contribution in [0.2, 0.25) is 0 Å². The van der Waals surface area contributed by atoms with Crippen molar-refractivity contribution in [2.45, 2.75) is 19.4 Å². The van der Waals surface area contributed by atoms with Crippen molar-refractivity contribution in [3.63, 3.8) is 0 Å². The monoisotopic (exact) mass is 254 g/mol. The highest BCUT2D eigenvalue weighted by Gasteiger charge is 2.20. The predicted octanol–water partition coefficient (Wildman–Crippen LogP) is 1.58. The van der Waals surface area contributed by atoms with Crippen molar-refractivity contribution < 1.29 is 13.6 Å². The molecule has 5 heteroatoms. The summed E-state index contributed by atoms with van der Waals surface area (Å²) >= 11 is 0. The molecule has 0 aliphatic heterocycles. The Morgan fingerprint density at radius 2 is 2.11 bits per heavy atom. The molecular weight excluding hydrogens is 238 g/mol. The second kappa shape index (κ2) is 5.91. The lowest BCUT2D eigenvalue weighted by molar-refractivity contribution is -0.120. The first-order chi connectivity index (χ1) is 8.65. The Kier molecular flexibility index (Phi) is 4.25. The predicted molar refractivity (Wildman–Crippen MR) is 63.8 cm³/mol. The van der Waals surface area contributed by atoms with E-state index < -0.39 is 11.6 Å². The minimum absolute atomic E-state index is 0.0794. The van der Waals surface area contributed by atoms with Gasteiger partial charge in [0.05, 0.1) is 6.54 Å². The molecule has 18 heavy (non-hydrogen) atoms. The van der Waals surface area contributed by atoms with Crippen LogP contribution in [0, 0.1) is 17.6 Å². The summed E-state index contributed by atoms with van der Waals surface area (Å²) in [5, 5.41) is 5.63. The molecule has 0 bridgehead atoms. The fraction of sp³-hybridized carbons (Fsp3) is 0.462. The molecule has 0 saturated heterocycles. The highest BCUT2D eigenvalue weighted by molar-refractivity contribution is 5.77. The van der Waals surface area contributed by atoms with Crippen LogP contribution in [0.5, 0.6) is 0 Å². The minimum Gasteiger partial charge on any atom is -0.351 e. The van der Waals surface area contributed by atoms with Crippen molar-refractivity contribution in [3.05, 3.63) is 35.4 Å². The lowest BCUT2D eigenvalue weighted by Gasteiger charge is -2.07. The van der Waals surface area contributed by atoms with Gasteiger partial charge in [-0.1, -0.05) is 6.07 Å². The quantitative estimate of drug-likeness (QED) is 0.809. The number of carbonyl (C=O) groups is 1. The summed E-state index contributed by atoms with van der Waals surface area (Å²) in [5.41, 5.74) is 0.284. The SMILES string of the molecule is O=C(CNCC1CC1)NCc1ccc(F)cc1F. The molecule has 0 unspecified atom stereocenters. The van der Waals surface area contributed by atoms with E-state index in [4.69, 9.17) is 0 Å². The molecule has 2 N–H and O–H groups in total. The van der Waals surface area contributed by atoms with E-state index in [-0.39, 0.29) is 24.6 Å². The maximum Gasteiger partial charge on any atom is 0.234 e. The summed E-state index contributed by atoms with van der Waals surface area (Å²) in [6.07, 6.45) is 2.46. The van der Waals surface area contributed by atoms with Gasteiger partial charge in [0.25, 0.3) is 0 Å². The number of rotatable bonds is 6. The van der Waals surface area contributed by atoms with E-state index in [9.17, 15) is 13.6 Å². The third kappa shape index (κ3) is 4.07. The molecule has 1 amide bonds. The Morgan fingerprint density at radius 1 is 1.33 bits per heavy atom. The van der Waals surface area contributed by atoms with Gasteiger partial charge >= 0.3 is 0 Å². The summed E-state index contributed by atoms with van der Waals surface area (Å²) in [6, 6.07) is 3.32. The van der Waals surface area contributed by atoms with Crippen molar-refractivity contribution in [1.82, 2.24) is 10.6 Å². The first-order valence-electron chi connectivity index (χ1n) is 6.06. The Labute approximate surface area is 105 Å². The molecular formula is C13H16F2N2O. The summed E-state index contributed by atoms with van der Waals surface area (Å²) in [6.45, 7) is 1.17. The molecule has 3 nitrogen and oxygen atoms in total. The average Bonchev–Trinajstić information content (AvgIpc) is 3.12. The van der Waals surface area contributed by atoms with E-state index in [0.29, 0.717) is 5.92 Å². The number of nitrogens with one attached hydrogen (secondary N) is 2. The van der Waals surface area contributed by atoms with Gasteiger partial charge in [0.2, 0.25) is 5.91 Å². The van der Waals surface area contributed by atoms with E-state index in [1.807, 2.05) is 0 Å². The number of hydrogen-bond acceptors (Lipinski definition) is 2. The summed E-state index contributed by atoms with van der Waals surface area (Å²) in [4.78, 5) is 11.4. The summed E-state index contributed by atoms with van der Waals surface area (Å²) < 4.78 is 25.9. The fourth-order valence-corrected chi connectivity index (χ4v) is 1.63. The van der Waals surface area contributed by atoms with Crippen LogP contribution in [0.1, 0.15) is 18.4 Å². The topological polar surface area (TPSA) is 41.1 Å². The zero-order chi connectivity index (χ0) is 13.0. The first-order valence-corrected chi connectivity index (χ1v) is 6.06. The van der Waals surface area contributed by atoms with Crippen molar-refractivity contribution in [1.29, 1.82) is 0 Å². The molecule has 1 aliphatic rings. The molecule has 0 radical (unpaired) electrons. The molecule has 0 heterocycles. The van der Waals surface area contributed by atoms with Crippen molar-refractivity contribution in [2.75, 3.05) is 13.1 Å². The second-order valence-corrected chi connectivity index (χ2v) is 4.59. The first kappa shape index (κ1) is 13.0. The van der Waals surface area contributed by atoms with E-state index >= 15 is 0 Å². The van der Waals surface area contributed by atoms with Crippen LogP contribution < -0.4 is 10.6 Å². The van der Waals surface area contributed by atoms with Gasteiger partial charge < -0.3 is 10.6 Å². The highest BCUT2D eigenvalue weighted by Crippen LogP contribution is 2.27. The maximum absolute atomic E-state index is 13.3. The third-order valence-electron chi connectivity index (χ3n) is 2.91. The molecule has 2 rings (SSSR count).